The molecule has 2 heterocycles. The second-order valence-electron chi connectivity index (χ2n) is 5.95. The zero-order valence-electron chi connectivity index (χ0n) is 12.7. The van der Waals surface area contributed by atoms with Gasteiger partial charge in [0.05, 0.1) is 16.8 Å². The Labute approximate surface area is 134 Å². The molecule has 0 radical (unpaired) electrons. The largest absolute Gasteiger partial charge is 0.369 e. The summed E-state index contributed by atoms with van der Waals surface area (Å²) in [4.78, 5) is 11.8. The van der Waals surface area contributed by atoms with Crippen LogP contribution in [-0.2, 0) is 4.74 Å². The molecule has 2 fully saturated rings. The molecule has 0 amide bonds. The second kappa shape index (κ2) is 6.58. The number of nitrogens with one attached hydrogen (secondary N) is 1. The normalized spacial score (nSPS) is 23.3. The molecule has 1 aliphatic carbocycles. The lowest BCUT2D eigenvalue weighted by atomic mass is 10.2. The van der Waals surface area contributed by atoms with Crippen molar-refractivity contribution >= 4 is 21.7 Å². The van der Waals surface area contributed by atoms with Crippen molar-refractivity contribution in [1.29, 1.82) is 0 Å². The molecule has 1 atom stereocenters. The highest BCUT2D eigenvalue weighted by molar-refractivity contribution is 9.10. The van der Waals surface area contributed by atoms with Crippen molar-refractivity contribution in [3.8, 4) is 0 Å². The van der Waals surface area contributed by atoms with E-state index < -0.39 is 0 Å². The summed E-state index contributed by atoms with van der Waals surface area (Å²) in [7, 11) is 2.12. The first-order valence-corrected chi connectivity index (χ1v) is 8.59. The van der Waals surface area contributed by atoms with Gasteiger partial charge in [-0.1, -0.05) is 6.92 Å². The van der Waals surface area contributed by atoms with Gasteiger partial charge in [0, 0.05) is 25.6 Å². The Morgan fingerprint density at radius 1 is 1.38 bits per heavy atom. The van der Waals surface area contributed by atoms with Gasteiger partial charge < -0.3 is 15.0 Å². The number of aromatic nitrogens is 2. The first kappa shape index (κ1) is 15.2. The van der Waals surface area contributed by atoms with Crippen molar-refractivity contribution in [2.75, 3.05) is 38.6 Å². The summed E-state index contributed by atoms with van der Waals surface area (Å²) in [5, 5.41) is 3.41. The topological polar surface area (TPSA) is 50.3 Å². The molecule has 0 bridgehead atoms. The molecular weight excluding hydrogens is 332 g/mol. The number of ether oxygens (including phenoxy) is 1. The molecule has 5 nitrogen and oxygen atoms in total. The highest BCUT2D eigenvalue weighted by Gasteiger charge is 2.31. The third-order valence-electron chi connectivity index (χ3n) is 3.96. The molecule has 1 aliphatic heterocycles. The summed E-state index contributed by atoms with van der Waals surface area (Å²) in [6.07, 6.45) is 3.52. The quantitative estimate of drug-likeness (QED) is 0.880. The van der Waals surface area contributed by atoms with E-state index in [2.05, 4.69) is 40.1 Å². The minimum Gasteiger partial charge on any atom is -0.369 e. The molecule has 1 saturated heterocycles. The van der Waals surface area contributed by atoms with Crippen molar-refractivity contribution in [2.45, 2.75) is 38.2 Å². The third kappa shape index (κ3) is 3.55. The van der Waals surface area contributed by atoms with E-state index in [9.17, 15) is 0 Å². The Bertz CT molecular complexity index is 507. The van der Waals surface area contributed by atoms with E-state index in [1.807, 2.05) is 0 Å². The van der Waals surface area contributed by atoms with Crippen LogP contribution in [0, 0.1) is 0 Å². The Kier molecular flexibility index (Phi) is 4.76. The van der Waals surface area contributed by atoms with Gasteiger partial charge in [-0.2, -0.15) is 0 Å². The molecule has 21 heavy (non-hydrogen) atoms. The molecule has 116 valence electrons. The summed E-state index contributed by atoms with van der Waals surface area (Å²) in [5.41, 5.74) is 1.15. The molecule has 0 spiro atoms. The van der Waals surface area contributed by atoms with Crippen LogP contribution in [0.3, 0.4) is 0 Å². The number of likely N-dealkylation sites (N-methyl/N-ethyl adjacent to an activating group) is 1. The van der Waals surface area contributed by atoms with Crippen LogP contribution in [0.5, 0.6) is 0 Å². The molecule has 1 saturated carbocycles. The predicted molar refractivity (Wildman–Crippen MR) is 86.7 cm³/mol. The summed E-state index contributed by atoms with van der Waals surface area (Å²) < 4.78 is 6.91. The molecule has 3 rings (SSSR count). The van der Waals surface area contributed by atoms with E-state index in [-0.39, 0.29) is 6.10 Å². The maximum absolute atomic E-state index is 5.88. The second-order valence-corrected chi connectivity index (χ2v) is 6.75. The lowest BCUT2D eigenvalue weighted by molar-refractivity contribution is -0.0255. The number of anilines is 1. The lowest BCUT2D eigenvalue weighted by Gasteiger charge is -2.29. The van der Waals surface area contributed by atoms with Crippen molar-refractivity contribution in [3.63, 3.8) is 0 Å². The van der Waals surface area contributed by atoms with Gasteiger partial charge in [0.1, 0.15) is 11.9 Å². The zero-order valence-corrected chi connectivity index (χ0v) is 14.3. The highest BCUT2D eigenvalue weighted by atomic mass is 79.9. The van der Waals surface area contributed by atoms with Crippen LogP contribution in [-0.4, -0.2) is 48.2 Å². The minimum absolute atomic E-state index is 0.0171. The van der Waals surface area contributed by atoms with E-state index in [4.69, 9.17) is 14.7 Å². The summed E-state index contributed by atoms with van der Waals surface area (Å²) in [5.74, 6) is 2.33. The Morgan fingerprint density at radius 3 is 2.86 bits per heavy atom. The minimum atomic E-state index is -0.0171. The molecule has 0 aromatic carbocycles. The number of rotatable bonds is 5. The fourth-order valence-corrected chi connectivity index (χ4v) is 3.19. The lowest BCUT2D eigenvalue weighted by Crippen LogP contribution is -2.36. The highest BCUT2D eigenvalue weighted by Crippen LogP contribution is 2.44. The van der Waals surface area contributed by atoms with Crippen LogP contribution in [0.15, 0.2) is 4.47 Å². The van der Waals surface area contributed by atoms with Gasteiger partial charge in [0.15, 0.2) is 5.82 Å². The van der Waals surface area contributed by atoms with Gasteiger partial charge in [0.25, 0.3) is 0 Å². The number of hydrogen-bond acceptors (Lipinski definition) is 5. The van der Waals surface area contributed by atoms with Crippen LogP contribution in [0.2, 0.25) is 0 Å². The number of nitrogens with zero attached hydrogens (tertiary/aromatic N) is 3. The van der Waals surface area contributed by atoms with Crippen LogP contribution >= 0.6 is 15.9 Å². The van der Waals surface area contributed by atoms with E-state index in [1.54, 1.807) is 0 Å². The monoisotopic (exact) mass is 354 g/mol. The van der Waals surface area contributed by atoms with Gasteiger partial charge in [0.2, 0.25) is 0 Å². The van der Waals surface area contributed by atoms with Crippen LogP contribution in [0.1, 0.15) is 49.7 Å². The molecule has 6 heteroatoms. The average molecular weight is 355 g/mol. The van der Waals surface area contributed by atoms with Crippen molar-refractivity contribution < 1.29 is 4.74 Å². The van der Waals surface area contributed by atoms with Gasteiger partial charge in [-0.3, -0.25) is 0 Å². The van der Waals surface area contributed by atoms with Crippen molar-refractivity contribution in [2.24, 2.45) is 0 Å². The van der Waals surface area contributed by atoms with Crippen molar-refractivity contribution in [1.82, 2.24) is 14.9 Å². The molecular formula is C15H23BrN4O. The standard InChI is InChI=1S/C15H23BrN4O/c1-3-6-17-15-12(16)13(10-4-5-10)18-14(19-15)11-9-20(2)7-8-21-11/h10-11H,3-9H2,1-2H3,(H,17,18,19). The predicted octanol–water partition coefficient (Wildman–Crippen LogP) is 2.94. The van der Waals surface area contributed by atoms with E-state index in [1.165, 1.54) is 12.8 Å². The zero-order chi connectivity index (χ0) is 14.8. The Balaban J connectivity index is 1.89. The van der Waals surface area contributed by atoms with Gasteiger partial charge >= 0.3 is 0 Å². The van der Waals surface area contributed by atoms with Gasteiger partial charge in [-0.05, 0) is 42.2 Å². The smallest absolute Gasteiger partial charge is 0.161 e. The summed E-state index contributed by atoms with van der Waals surface area (Å²) in [6, 6.07) is 0. The number of hydrogen-bond donors (Lipinski definition) is 1. The van der Waals surface area contributed by atoms with E-state index >= 15 is 0 Å². The molecule has 2 aliphatic rings. The van der Waals surface area contributed by atoms with Gasteiger partial charge in [-0.25, -0.2) is 9.97 Å². The summed E-state index contributed by atoms with van der Waals surface area (Å²) >= 11 is 3.68. The average Bonchev–Trinajstić information content (AvgIpc) is 3.31. The molecule has 1 aromatic heterocycles. The fourth-order valence-electron chi connectivity index (χ4n) is 2.55. The molecule has 1 N–H and O–H groups in total. The first-order chi connectivity index (χ1) is 10.2. The first-order valence-electron chi connectivity index (χ1n) is 7.80. The van der Waals surface area contributed by atoms with E-state index in [0.29, 0.717) is 5.92 Å². The maximum atomic E-state index is 5.88. The van der Waals surface area contributed by atoms with Crippen molar-refractivity contribution in [3.05, 3.63) is 16.0 Å². The Morgan fingerprint density at radius 2 is 2.19 bits per heavy atom. The number of halogens is 1. The Hall–Kier alpha value is -0.720. The molecule has 1 aromatic rings. The fraction of sp³-hybridized carbons (Fsp3) is 0.733. The number of morpholine rings is 1. The maximum Gasteiger partial charge on any atom is 0.161 e. The third-order valence-corrected chi connectivity index (χ3v) is 4.74. The van der Waals surface area contributed by atoms with Crippen LogP contribution in [0.4, 0.5) is 5.82 Å². The SMILES string of the molecule is CCCNc1nc(C2CN(C)CCO2)nc(C2CC2)c1Br. The molecule has 1 unspecified atom stereocenters. The van der Waals surface area contributed by atoms with E-state index in [0.717, 1.165) is 54.5 Å². The van der Waals surface area contributed by atoms with Gasteiger partial charge in [-0.15, -0.1) is 0 Å². The van der Waals surface area contributed by atoms with Crippen LogP contribution < -0.4 is 5.32 Å². The summed E-state index contributed by atoms with van der Waals surface area (Å²) in [6.45, 7) is 5.66. The van der Waals surface area contributed by atoms with Crippen LogP contribution in [0.25, 0.3) is 0 Å².